The van der Waals surface area contributed by atoms with Crippen LogP contribution in [0, 0.1) is 5.92 Å². The van der Waals surface area contributed by atoms with Crippen LogP contribution in [0.2, 0.25) is 0 Å². The van der Waals surface area contributed by atoms with Crippen LogP contribution in [-0.2, 0) is 4.79 Å². The van der Waals surface area contributed by atoms with Crippen LogP contribution in [0.1, 0.15) is 19.8 Å². The maximum Gasteiger partial charge on any atom is 0.222 e. The molecular formula is C14H17N5OS. The standard InChI is InChI=1S/C14H17N5OS/c1-9-5-6-10(12(15)20)8-19(9)14-18-17-13(21-14)11-4-2-3-7-16-11/h2-4,7,9-10H,5-6,8H2,1H3,(H2,15,20). The Morgan fingerprint density at radius 3 is 2.95 bits per heavy atom. The van der Waals surface area contributed by atoms with Crippen molar-refractivity contribution < 1.29 is 4.79 Å². The van der Waals surface area contributed by atoms with Crippen molar-refractivity contribution in [2.75, 3.05) is 11.4 Å². The normalized spacial score (nSPS) is 22.2. The second-order valence-electron chi connectivity index (χ2n) is 5.28. The molecule has 2 N–H and O–H groups in total. The van der Waals surface area contributed by atoms with E-state index in [0.717, 1.165) is 28.7 Å². The highest BCUT2D eigenvalue weighted by molar-refractivity contribution is 7.18. The fourth-order valence-electron chi connectivity index (χ4n) is 2.53. The monoisotopic (exact) mass is 303 g/mol. The highest BCUT2D eigenvalue weighted by atomic mass is 32.1. The first kappa shape index (κ1) is 13.9. The first-order valence-corrected chi connectivity index (χ1v) is 7.77. The van der Waals surface area contributed by atoms with Crippen molar-refractivity contribution in [1.29, 1.82) is 0 Å². The van der Waals surface area contributed by atoms with Crippen LogP contribution < -0.4 is 10.6 Å². The van der Waals surface area contributed by atoms with Gasteiger partial charge in [0.05, 0.1) is 5.92 Å². The number of aromatic nitrogens is 3. The zero-order valence-corrected chi connectivity index (χ0v) is 12.6. The van der Waals surface area contributed by atoms with Crippen LogP contribution in [0.25, 0.3) is 10.7 Å². The molecule has 2 aromatic heterocycles. The van der Waals surface area contributed by atoms with Gasteiger partial charge in [-0.2, -0.15) is 0 Å². The van der Waals surface area contributed by atoms with Gasteiger partial charge in [-0.1, -0.05) is 17.4 Å². The van der Waals surface area contributed by atoms with E-state index in [4.69, 9.17) is 5.73 Å². The summed E-state index contributed by atoms with van der Waals surface area (Å²) in [7, 11) is 0. The van der Waals surface area contributed by atoms with E-state index in [9.17, 15) is 4.79 Å². The van der Waals surface area contributed by atoms with E-state index >= 15 is 0 Å². The molecule has 0 radical (unpaired) electrons. The third-order valence-electron chi connectivity index (χ3n) is 3.83. The third kappa shape index (κ3) is 2.87. The van der Waals surface area contributed by atoms with Crippen LogP contribution >= 0.6 is 11.3 Å². The topological polar surface area (TPSA) is 85.0 Å². The van der Waals surface area contributed by atoms with Gasteiger partial charge in [0.15, 0.2) is 5.01 Å². The summed E-state index contributed by atoms with van der Waals surface area (Å²) in [4.78, 5) is 17.8. The molecule has 1 fully saturated rings. The molecule has 0 aliphatic carbocycles. The smallest absolute Gasteiger partial charge is 0.222 e. The Hall–Kier alpha value is -2.02. The molecule has 3 heterocycles. The van der Waals surface area contributed by atoms with E-state index in [-0.39, 0.29) is 11.8 Å². The summed E-state index contributed by atoms with van der Waals surface area (Å²) < 4.78 is 0. The summed E-state index contributed by atoms with van der Waals surface area (Å²) >= 11 is 1.50. The lowest BCUT2D eigenvalue weighted by Crippen LogP contribution is -2.45. The Labute approximate surface area is 127 Å². The number of piperidine rings is 1. The highest BCUT2D eigenvalue weighted by Gasteiger charge is 2.30. The fraction of sp³-hybridized carbons (Fsp3) is 0.429. The molecule has 0 spiro atoms. The summed E-state index contributed by atoms with van der Waals surface area (Å²) in [5, 5.41) is 10.1. The maximum absolute atomic E-state index is 11.4. The van der Waals surface area contributed by atoms with Gasteiger partial charge in [0.25, 0.3) is 0 Å². The number of nitrogens with zero attached hydrogens (tertiary/aromatic N) is 4. The Kier molecular flexibility index (Phi) is 3.83. The molecule has 7 heteroatoms. The Bertz CT molecular complexity index is 629. The zero-order chi connectivity index (χ0) is 14.8. The van der Waals surface area contributed by atoms with Crippen LogP contribution in [-0.4, -0.2) is 33.7 Å². The van der Waals surface area contributed by atoms with Crippen molar-refractivity contribution in [2.24, 2.45) is 11.7 Å². The summed E-state index contributed by atoms with van der Waals surface area (Å²) in [5.41, 5.74) is 6.26. The van der Waals surface area contributed by atoms with Crippen molar-refractivity contribution in [3.63, 3.8) is 0 Å². The predicted molar refractivity (Wildman–Crippen MR) is 81.9 cm³/mol. The van der Waals surface area contributed by atoms with Crippen LogP contribution in [0.15, 0.2) is 24.4 Å². The largest absolute Gasteiger partial charge is 0.369 e. The highest BCUT2D eigenvalue weighted by Crippen LogP contribution is 2.32. The van der Waals surface area contributed by atoms with Crippen molar-refractivity contribution in [2.45, 2.75) is 25.8 Å². The zero-order valence-electron chi connectivity index (χ0n) is 11.8. The number of carbonyl (C=O) groups excluding carboxylic acids is 1. The lowest BCUT2D eigenvalue weighted by molar-refractivity contribution is -0.122. The van der Waals surface area contributed by atoms with Crippen LogP contribution in [0.5, 0.6) is 0 Å². The predicted octanol–water partition coefficient (Wildman–Crippen LogP) is 1.69. The van der Waals surface area contributed by atoms with E-state index in [1.54, 1.807) is 6.20 Å². The van der Waals surface area contributed by atoms with Gasteiger partial charge in [-0.3, -0.25) is 9.78 Å². The minimum Gasteiger partial charge on any atom is -0.369 e. The molecular weight excluding hydrogens is 286 g/mol. The number of pyridine rings is 1. The molecule has 2 atom stereocenters. The molecule has 1 amide bonds. The number of hydrogen-bond donors (Lipinski definition) is 1. The van der Waals surface area contributed by atoms with Gasteiger partial charge in [0.2, 0.25) is 11.0 Å². The minimum atomic E-state index is -0.235. The Morgan fingerprint density at radius 2 is 2.24 bits per heavy atom. The van der Waals surface area contributed by atoms with Gasteiger partial charge in [-0.15, -0.1) is 10.2 Å². The summed E-state index contributed by atoms with van der Waals surface area (Å²) in [6, 6.07) is 6.05. The molecule has 0 bridgehead atoms. The third-order valence-corrected chi connectivity index (χ3v) is 4.81. The molecule has 1 aliphatic heterocycles. The average Bonchev–Trinajstić information content (AvgIpc) is 2.98. The van der Waals surface area contributed by atoms with Crippen LogP contribution in [0.3, 0.4) is 0 Å². The fourth-order valence-corrected chi connectivity index (χ4v) is 3.46. The number of nitrogens with two attached hydrogens (primary N) is 1. The molecule has 3 rings (SSSR count). The Balaban J connectivity index is 1.83. The van der Waals surface area contributed by atoms with Crippen LogP contribution in [0.4, 0.5) is 5.13 Å². The van der Waals surface area contributed by atoms with Gasteiger partial charge >= 0.3 is 0 Å². The average molecular weight is 303 g/mol. The SMILES string of the molecule is CC1CCC(C(N)=O)CN1c1nnc(-c2ccccn2)s1. The molecule has 1 saturated heterocycles. The van der Waals surface area contributed by atoms with Gasteiger partial charge in [0.1, 0.15) is 5.69 Å². The van der Waals surface area contributed by atoms with Crippen molar-refractivity contribution in [3.8, 4) is 10.7 Å². The van der Waals surface area contributed by atoms with Gasteiger partial charge in [0, 0.05) is 18.8 Å². The van der Waals surface area contributed by atoms with E-state index in [0.29, 0.717) is 12.6 Å². The summed E-state index contributed by atoms with van der Waals surface area (Å²) in [5.74, 6) is -0.343. The number of anilines is 1. The molecule has 2 aromatic rings. The second-order valence-corrected chi connectivity index (χ2v) is 6.24. The molecule has 0 aromatic carbocycles. The lowest BCUT2D eigenvalue weighted by Gasteiger charge is -2.36. The summed E-state index contributed by atoms with van der Waals surface area (Å²) in [6.45, 7) is 2.76. The molecule has 0 saturated carbocycles. The van der Waals surface area contributed by atoms with E-state index < -0.39 is 0 Å². The number of primary amides is 1. The molecule has 21 heavy (non-hydrogen) atoms. The number of amides is 1. The molecule has 6 nitrogen and oxygen atoms in total. The number of carbonyl (C=O) groups is 1. The van der Waals surface area contributed by atoms with Crippen molar-refractivity contribution >= 4 is 22.4 Å². The minimum absolute atomic E-state index is 0.108. The van der Waals surface area contributed by atoms with E-state index in [2.05, 4.69) is 27.0 Å². The van der Waals surface area contributed by atoms with Gasteiger partial charge < -0.3 is 10.6 Å². The quantitative estimate of drug-likeness (QED) is 0.932. The Morgan fingerprint density at radius 1 is 1.38 bits per heavy atom. The number of hydrogen-bond acceptors (Lipinski definition) is 6. The van der Waals surface area contributed by atoms with Crippen molar-refractivity contribution in [3.05, 3.63) is 24.4 Å². The second kappa shape index (κ2) is 5.77. The van der Waals surface area contributed by atoms with Gasteiger partial charge in [-0.25, -0.2) is 0 Å². The molecule has 1 aliphatic rings. The molecule has 2 unspecified atom stereocenters. The van der Waals surface area contributed by atoms with E-state index in [1.807, 2.05) is 18.2 Å². The number of rotatable bonds is 3. The summed E-state index contributed by atoms with van der Waals surface area (Å²) in [6.07, 6.45) is 3.52. The van der Waals surface area contributed by atoms with E-state index in [1.165, 1.54) is 11.3 Å². The first-order valence-electron chi connectivity index (χ1n) is 6.96. The first-order chi connectivity index (χ1) is 10.1. The lowest BCUT2D eigenvalue weighted by atomic mass is 9.93. The van der Waals surface area contributed by atoms with Crippen molar-refractivity contribution in [1.82, 2.24) is 15.2 Å². The maximum atomic E-state index is 11.4. The van der Waals surface area contributed by atoms with Gasteiger partial charge in [-0.05, 0) is 31.9 Å². The molecule has 110 valence electrons.